The number of rotatable bonds is 11. The van der Waals surface area contributed by atoms with Crippen LogP contribution in [0.15, 0.2) is 59.5 Å². The monoisotopic (exact) mass is 455 g/mol. The quantitative estimate of drug-likeness (QED) is 0.468. The fourth-order valence-corrected chi connectivity index (χ4v) is 4.53. The van der Waals surface area contributed by atoms with Crippen molar-refractivity contribution in [1.82, 2.24) is 8.61 Å². The summed E-state index contributed by atoms with van der Waals surface area (Å²) in [6.07, 6.45) is 0. The van der Waals surface area contributed by atoms with Crippen LogP contribution in [0.3, 0.4) is 0 Å². The van der Waals surface area contributed by atoms with Crippen molar-refractivity contribution in [2.24, 2.45) is 0 Å². The molecule has 0 aliphatic carbocycles. The predicted octanol–water partition coefficient (Wildman–Crippen LogP) is 0.643. The number of hydrogen-bond donors (Lipinski definition) is 2. The summed E-state index contributed by atoms with van der Waals surface area (Å²) in [4.78, 5) is 22.1. The molecule has 2 N–H and O–H groups in total. The van der Waals surface area contributed by atoms with Gasteiger partial charge in [0.1, 0.15) is 13.1 Å². The molecule has 2 rings (SSSR count). The standard InChI is InChI=1S/C18H20N2O8S2/c21-17(22)12-19(29(25)26)10-14-6-4-5-7-15(14)11-20(13-18(23)24)30(27,28)16-8-2-1-3-9-16/h1-9H,10-13H2,(H,21,22)(H,23,24)(H,25,26)/p-1. The van der Waals surface area contributed by atoms with E-state index in [1.165, 1.54) is 36.4 Å². The van der Waals surface area contributed by atoms with Crippen molar-refractivity contribution < 1.29 is 37.0 Å². The minimum atomic E-state index is -4.15. The molecule has 2 aromatic rings. The third kappa shape index (κ3) is 6.43. The lowest BCUT2D eigenvalue weighted by atomic mass is 10.1. The van der Waals surface area contributed by atoms with Crippen LogP contribution < -0.4 is 0 Å². The summed E-state index contributed by atoms with van der Waals surface area (Å²) in [6.45, 7) is -2.24. The topological polar surface area (TPSA) is 155 Å². The molecule has 0 saturated heterocycles. The molecule has 30 heavy (non-hydrogen) atoms. The van der Waals surface area contributed by atoms with E-state index in [9.17, 15) is 31.9 Å². The van der Waals surface area contributed by atoms with Crippen molar-refractivity contribution >= 4 is 33.2 Å². The molecule has 0 radical (unpaired) electrons. The first kappa shape index (κ1) is 23.6. The van der Waals surface area contributed by atoms with Crippen LogP contribution in [0, 0.1) is 0 Å². The first-order valence-electron chi connectivity index (χ1n) is 8.51. The molecule has 0 aliphatic heterocycles. The van der Waals surface area contributed by atoms with Crippen LogP contribution in [-0.4, -0.2) is 61.0 Å². The van der Waals surface area contributed by atoms with Gasteiger partial charge in [0, 0.05) is 24.4 Å². The van der Waals surface area contributed by atoms with Crippen LogP contribution in [0.5, 0.6) is 0 Å². The smallest absolute Gasteiger partial charge is 0.318 e. The summed E-state index contributed by atoms with van der Waals surface area (Å²) in [5, 5.41) is 18.1. The normalized spacial score (nSPS) is 12.8. The summed E-state index contributed by atoms with van der Waals surface area (Å²) in [5.74, 6) is -2.71. The second kappa shape index (κ2) is 10.4. The lowest BCUT2D eigenvalue weighted by Gasteiger charge is -2.25. The Morgan fingerprint density at radius 1 is 0.867 bits per heavy atom. The number of carboxylic acid groups (broad SMARTS) is 2. The van der Waals surface area contributed by atoms with Crippen LogP contribution in [0.4, 0.5) is 0 Å². The van der Waals surface area contributed by atoms with E-state index in [2.05, 4.69) is 0 Å². The highest BCUT2D eigenvalue weighted by Gasteiger charge is 2.27. The molecule has 1 atom stereocenters. The first-order valence-corrected chi connectivity index (χ1v) is 11.0. The minimum absolute atomic E-state index is 0.0862. The number of benzene rings is 2. The molecule has 0 heterocycles. The van der Waals surface area contributed by atoms with Gasteiger partial charge in [0.15, 0.2) is 0 Å². The van der Waals surface area contributed by atoms with Gasteiger partial charge in [-0.1, -0.05) is 42.5 Å². The summed E-state index contributed by atoms with van der Waals surface area (Å²) >= 11 is -2.82. The Hall–Kier alpha value is -2.64. The van der Waals surface area contributed by atoms with E-state index in [1.54, 1.807) is 18.2 Å². The number of nitrogens with zero attached hydrogens (tertiary/aromatic N) is 2. The number of carboxylic acids is 2. The molecule has 0 bridgehead atoms. The van der Waals surface area contributed by atoms with Gasteiger partial charge in [-0.15, -0.1) is 0 Å². The van der Waals surface area contributed by atoms with Crippen molar-refractivity contribution in [2.45, 2.75) is 18.0 Å². The maximum absolute atomic E-state index is 12.9. The highest BCUT2D eigenvalue weighted by molar-refractivity contribution is 7.89. The van der Waals surface area contributed by atoms with Gasteiger partial charge in [-0.25, -0.2) is 12.7 Å². The molecule has 0 aliphatic rings. The van der Waals surface area contributed by atoms with E-state index in [-0.39, 0.29) is 18.0 Å². The fraction of sp³-hybridized carbons (Fsp3) is 0.222. The van der Waals surface area contributed by atoms with Crippen LogP contribution in [0.1, 0.15) is 11.1 Å². The summed E-state index contributed by atoms with van der Waals surface area (Å²) < 4.78 is 50.0. The molecule has 0 saturated carbocycles. The fourth-order valence-electron chi connectivity index (χ4n) is 2.68. The molecule has 0 fully saturated rings. The van der Waals surface area contributed by atoms with Gasteiger partial charge in [-0.3, -0.25) is 13.8 Å². The van der Waals surface area contributed by atoms with Crippen molar-refractivity contribution in [3.8, 4) is 0 Å². The Labute approximate surface area is 175 Å². The summed E-state index contributed by atoms with van der Waals surface area (Å²) in [6, 6.07) is 13.5. The number of carbonyl (C=O) groups is 2. The van der Waals surface area contributed by atoms with E-state index in [0.29, 0.717) is 15.4 Å². The second-order valence-electron chi connectivity index (χ2n) is 6.16. The molecule has 1 unspecified atom stereocenters. The molecule has 0 amide bonds. The molecule has 0 aromatic heterocycles. The highest BCUT2D eigenvalue weighted by atomic mass is 32.2. The molecule has 162 valence electrons. The van der Waals surface area contributed by atoms with Crippen LogP contribution in [-0.2, 0) is 44.0 Å². The van der Waals surface area contributed by atoms with Crippen molar-refractivity contribution in [3.05, 3.63) is 65.7 Å². The second-order valence-corrected chi connectivity index (χ2v) is 9.05. The minimum Gasteiger partial charge on any atom is -0.760 e. The lowest BCUT2D eigenvalue weighted by Crippen LogP contribution is -2.36. The van der Waals surface area contributed by atoms with E-state index in [0.717, 1.165) is 4.31 Å². The molecule has 0 spiro atoms. The average Bonchev–Trinajstić information content (AvgIpc) is 2.68. The van der Waals surface area contributed by atoms with Gasteiger partial charge in [0.05, 0.1) is 4.90 Å². The summed E-state index contributed by atoms with van der Waals surface area (Å²) in [7, 11) is -4.15. The van der Waals surface area contributed by atoms with Crippen LogP contribution in [0.25, 0.3) is 0 Å². The van der Waals surface area contributed by atoms with Crippen molar-refractivity contribution in [3.63, 3.8) is 0 Å². The van der Waals surface area contributed by atoms with E-state index >= 15 is 0 Å². The van der Waals surface area contributed by atoms with Crippen LogP contribution in [0.2, 0.25) is 0 Å². The van der Waals surface area contributed by atoms with Crippen molar-refractivity contribution in [1.29, 1.82) is 0 Å². The Bertz CT molecular complexity index is 1030. The van der Waals surface area contributed by atoms with E-state index in [1.807, 2.05) is 0 Å². The van der Waals surface area contributed by atoms with Gasteiger partial charge < -0.3 is 14.8 Å². The molecule has 2 aromatic carbocycles. The SMILES string of the molecule is O=C(O)CN(Cc1ccccc1CN(CC(=O)O)S(=O)(=O)c1ccccc1)S(=O)[O-]. The Morgan fingerprint density at radius 2 is 1.37 bits per heavy atom. The molecular weight excluding hydrogens is 436 g/mol. The molecule has 12 heteroatoms. The van der Waals surface area contributed by atoms with Crippen molar-refractivity contribution in [2.75, 3.05) is 13.1 Å². The Balaban J connectivity index is 2.38. The third-order valence-corrected chi connectivity index (χ3v) is 6.51. The number of hydrogen-bond acceptors (Lipinski definition) is 6. The lowest BCUT2D eigenvalue weighted by molar-refractivity contribution is -0.138. The van der Waals surface area contributed by atoms with Gasteiger partial charge in [-0.05, 0) is 23.3 Å². The molecule has 10 nitrogen and oxygen atoms in total. The number of aliphatic carboxylic acids is 2. The van der Waals surface area contributed by atoms with Gasteiger partial charge in [0.2, 0.25) is 10.0 Å². The molecular formula is C18H19N2O8S2-. The first-order chi connectivity index (χ1) is 14.1. The zero-order chi connectivity index (χ0) is 22.3. The maximum atomic E-state index is 12.9. The van der Waals surface area contributed by atoms with Gasteiger partial charge >= 0.3 is 11.9 Å². The predicted molar refractivity (Wildman–Crippen MR) is 105 cm³/mol. The zero-order valence-corrected chi connectivity index (χ0v) is 17.2. The maximum Gasteiger partial charge on any atom is 0.318 e. The average molecular weight is 455 g/mol. The zero-order valence-electron chi connectivity index (χ0n) is 15.6. The van der Waals surface area contributed by atoms with E-state index < -0.39 is 46.3 Å². The Kier molecular flexibility index (Phi) is 8.20. The Morgan fingerprint density at radius 3 is 1.87 bits per heavy atom. The van der Waals surface area contributed by atoms with Gasteiger partial charge in [-0.2, -0.15) is 4.31 Å². The number of sulfonamides is 1. The van der Waals surface area contributed by atoms with Crippen LogP contribution >= 0.6 is 0 Å². The summed E-state index contributed by atoms with van der Waals surface area (Å²) in [5.41, 5.74) is 0.695. The highest BCUT2D eigenvalue weighted by Crippen LogP contribution is 2.21. The van der Waals surface area contributed by atoms with E-state index in [4.69, 9.17) is 5.11 Å². The largest absolute Gasteiger partial charge is 0.760 e. The third-order valence-electron chi connectivity index (χ3n) is 4.03. The van der Waals surface area contributed by atoms with Gasteiger partial charge in [0.25, 0.3) is 0 Å².